The Balaban J connectivity index is 0.000000567. The molecular weight excluding hydrogens is 316 g/mol. The number of benzene rings is 1. The highest BCUT2D eigenvalue weighted by molar-refractivity contribution is 5.83. The number of nitrogens with zero attached hydrogens (tertiary/aromatic N) is 2. The molecule has 6 nitrogen and oxygen atoms in total. The first-order valence-electron chi connectivity index (χ1n) is 8.26. The Labute approximate surface area is 149 Å². The number of allylic oxidation sites excluding steroid dienone is 1. The summed E-state index contributed by atoms with van der Waals surface area (Å²) in [5, 5.41) is 7.25. The molecule has 2 heterocycles. The number of nitrogens with one attached hydrogen (secondary N) is 2. The second kappa shape index (κ2) is 9.52. The molecule has 0 unspecified atom stereocenters. The van der Waals surface area contributed by atoms with E-state index in [0.717, 1.165) is 33.8 Å². The summed E-state index contributed by atoms with van der Waals surface area (Å²) in [4.78, 5) is 7.83. The number of aryl methyl sites for hydroxylation is 1. The lowest BCUT2D eigenvalue weighted by molar-refractivity contribution is 0.356. The summed E-state index contributed by atoms with van der Waals surface area (Å²) in [6.07, 6.45) is 1.75. The van der Waals surface area contributed by atoms with Gasteiger partial charge in [0, 0.05) is 23.4 Å². The number of hydrogen-bond acceptors (Lipinski definition) is 4. The summed E-state index contributed by atoms with van der Waals surface area (Å²) >= 11 is 0. The van der Waals surface area contributed by atoms with Crippen molar-refractivity contribution >= 4 is 11.0 Å². The van der Waals surface area contributed by atoms with Crippen LogP contribution in [0.1, 0.15) is 32.0 Å². The first kappa shape index (κ1) is 20.3. The smallest absolute Gasteiger partial charge is 0.163 e. The van der Waals surface area contributed by atoms with Gasteiger partial charge >= 0.3 is 0 Å². The lowest BCUT2D eigenvalue weighted by atomic mass is 10.2. The summed E-state index contributed by atoms with van der Waals surface area (Å²) in [6, 6.07) is 3.72. The van der Waals surface area contributed by atoms with Crippen LogP contribution in [0.4, 0.5) is 0 Å². The standard InChI is InChI=1S/C14H16N4O2.C3H6.C2H6/c1-7-8(2)17-18-13(7)14-15-9-5-11(19-3)12(20-4)6-10(9)16-14;1-3-2;1-2/h5-6H,1-4H3,(H,15,16)(H,17,18);3H,1H2,2H3;1-2H3. The molecule has 2 N–H and O–H groups in total. The molecule has 0 spiro atoms. The average molecular weight is 344 g/mol. The molecule has 6 heteroatoms. The van der Waals surface area contributed by atoms with Crippen molar-refractivity contribution < 1.29 is 9.47 Å². The van der Waals surface area contributed by atoms with Crippen LogP contribution in [0.5, 0.6) is 11.5 Å². The Kier molecular flexibility index (Phi) is 7.72. The second-order valence-corrected chi connectivity index (χ2v) is 5.04. The summed E-state index contributed by atoms with van der Waals surface area (Å²) in [7, 11) is 3.22. The molecular formula is C19H28N4O2. The molecule has 136 valence electrons. The summed E-state index contributed by atoms with van der Waals surface area (Å²) in [5.41, 5.74) is 4.66. The van der Waals surface area contributed by atoms with Crippen molar-refractivity contribution in [2.75, 3.05) is 14.2 Å². The van der Waals surface area contributed by atoms with Crippen molar-refractivity contribution in [3.05, 3.63) is 36.0 Å². The molecule has 0 radical (unpaired) electrons. The number of methoxy groups -OCH3 is 2. The monoisotopic (exact) mass is 344 g/mol. The van der Waals surface area contributed by atoms with Crippen molar-refractivity contribution in [3.63, 3.8) is 0 Å². The van der Waals surface area contributed by atoms with E-state index in [1.165, 1.54) is 0 Å². The zero-order valence-corrected chi connectivity index (χ0v) is 16.2. The molecule has 0 aliphatic carbocycles. The number of fused-ring (bicyclic) bond motifs is 1. The Morgan fingerprint density at radius 2 is 1.64 bits per heavy atom. The summed E-state index contributed by atoms with van der Waals surface area (Å²) in [5.74, 6) is 2.07. The van der Waals surface area contributed by atoms with Crippen LogP contribution >= 0.6 is 0 Å². The van der Waals surface area contributed by atoms with E-state index in [1.54, 1.807) is 20.3 Å². The van der Waals surface area contributed by atoms with Gasteiger partial charge in [0.1, 0.15) is 5.69 Å². The van der Waals surface area contributed by atoms with E-state index >= 15 is 0 Å². The third-order valence-electron chi connectivity index (χ3n) is 3.46. The van der Waals surface area contributed by atoms with Gasteiger partial charge in [0.2, 0.25) is 0 Å². The Bertz CT molecular complexity index is 777. The highest BCUT2D eigenvalue weighted by atomic mass is 16.5. The van der Waals surface area contributed by atoms with Gasteiger partial charge in [-0.2, -0.15) is 5.10 Å². The van der Waals surface area contributed by atoms with Gasteiger partial charge in [-0.1, -0.05) is 19.9 Å². The molecule has 0 saturated heterocycles. The molecule has 25 heavy (non-hydrogen) atoms. The van der Waals surface area contributed by atoms with Crippen molar-refractivity contribution in [3.8, 4) is 23.0 Å². The van der Waals surface area contributed by atoms with Crippen molar-refractivity contribution in [2.45, 2.75) is 34.6 Å². The predicted octanol–water partition coefficient (Wildman–Crippen LogP) is 4.81. The molecule has 0 bridgehead atoms. The van der Waals surface area contributed by atoms with Gasteiger partial charge in [-0.25, -0.2) is 4.98 Å². The van der Waals surface area contributed by atoms with Crippen molar-refractivity contribution in [2.24, 2.45) is 0 Å². The Hall–Kier alpha value is -2.76. The molecule has 1 aromatic carbocycles. The lowest BCUT2D eigenvalue weighted by Crippen LogP contribution is -1.89. The minimum atomic E-state index is 0.660. The van der Waals surface area contributed by atoms with Crippen LogP contribution in [0.3, 0.4) is 0 Å². The van der Waals surface area contributed by atoms with Crippen LogP contribution < -0.4 is 9.47 Å². The Morgan fingerprint density at radius 1 is 1.08 bits per heavy atom. The minimum absolute atomic E-state index is 0.660. The second-order valence-electron chi connectivity index (χ2n) is 5.04. The van der Waals surface area contributed by atoms with E-state index in [2.05, 4.69) is 26.7 Å². The molecule has 3 rings (SSSR count). The minimum Gasteiger partial charge on any atom is -0.493 e. The Morgan fingerprint density at radius 3 is 2.12 bits per heavy atom. The molecule has 0 atom stereocenters. The van der Waals surface area contributed by atoms with E-state index in [1.807, 2.05) is 46.8 Å². The van der Waals surface area contributed by atoms with Crippen molar-refractivity contribution in [1.29, 1.82) is 0 Å². The van der Waals surface area contributed by atoms with Crippen LogP contribution in [0, 0.1) is 13.8 Å². The molecule has 0 saturated carbocycles. The number of H-pyrrole nitrogens is 2. The quantitative estimate of drug-likeness (QED) is 0.669. The molecule has 0 fully saturated rings. The topological polar surface area (TPSA) is 75.8 Å². The number of ether oxygens (including phenoxy) is 2. The molecule has 0 aliphatic rings. The van der Waals surface area contributed by atoms with Gasteiger partial charge in [0.25, 0.3) is 0 Å². The number of aromatic nitrogens is 4. The fraction of sp³-hybridized carbons (Fsp3) is 0.368. The molecule has 2 aromatic heterocycles. The van der Waals surface area contributed by atoms with Crippen LogP contribution in [-0.2, 0) is 0 Å². The maximum Gasteiger partial charge on any atom is 0.163 e. The van der Waals surface area contributed by atoms with E-state index in [0.29, 0.717) is 11.5 Å². The number of hydrogen-bond donors (Lipinski definition) is 2. The largest absolute Gasteiger partial charge is 0.493 e. The first-order chi connectivity index (χ1) is 12.0. The molecule has 0 amide bonds. The highest BCUT2D eigenvalue weighted by Gasteiger charge is 2.14. The number of rotatable bonds is 3. The normalized spacial score (nSPS) is 9.56. The van der Waals surface area contributed by atoms with E-state index < -0.39 is 0 Å². The fourth-order valence-corrected chi connectivity index (χ4v) is 2.16. The van der Waals surface area contributed by atoms with Gasteiger partial charge in [0.05, 0.1) is 25.3 Å². The predicted molar refractivity (Wildman–Crippen MR) is 103 cm³/mol. The maximum absolute atomic E-state index is 5.29. The van der Waals surface area contributed by atoms with Crippen LogP contribution in [0.2, 0.25) is 0 Å². The summed E-state index contributed by atoms with van der Waals surface area (Å²) < 4.78 is 10.6. The first-order valence-corrected chi connectivity index (χ1v) is 8.26. The van der Waals surface area contributed by atoms with Gasteiger partial charge in [-0.3, -0.25) is 5.10 Å². The van der Waals surface area contributed by atoms with Gasteiger partial charge in [-0.15, -0.1) is 6.58 Å². The van der Waals surface area contributed by atoms with Gasteiger partial charge in [0.15, 0.2) is 17.3 Å². The number of aromatic amines is 2. The number of imidazole rings is 1. The van der Waals surface area contributed by atoms with Crippen molar-refractivity contribution in [1.82, 2.24) is 20.2 Å². The third kappa shape index (κ3) is 4.41. The van der Waals surface area contributed by atoms with Crippen LogP contribution in [0.15, 0.2) is 24.8 Å². The van der Waals surface area contributed by atoms with Crippen LogP contribution in [-0.4, -0.2) is 34.4 Å². The fourth-order valence-electron chi connectivity index (χ4n) is 2.16. The maximum atomic E-state index is 5.29. The van der Waals surface area contributed by atoms with E-state index in [9.17, 15) is 0 Å². The van der Waals surface area contributed by atoms with Gasteiger partial charge in [-0.05, 0) is 20.8 Å². The zero-order chi connectivity index (χ0) is 19.0. The molecule has 3 aromatic rings. The average Bonchev–Trinajstić information content (AvgIpc) is 3.19. The van der Waals surface area contributed by atoms with E-state index in [-0.39, 0.29) is 0 Å². The SMILES string of the molecule is C=CC.CC.COc1cc2nc(-c3n[nH]c(C)c3C)[nH]c2cc1OC. The third-order valence-corrected chi connectivity index (χ3v) is 3.46. The van der Waals surface area contributed by atoms with Gasteiger partial charge < -0.3 is 14.5 Å². The zero-order valence-electron chi connectivity index (χ0n) is 16.2. The molecule has 0 aliphatic heterocycles. The van der Waals surface area contributed by atoms with E-state index in [4.69, 9.17) is 9.47 Å². The lowest BCUT2D eigenvalue weighted by Gasteiger charge is -2.06. The van der Waals surface area contributed by atoms with Crippen LogP contribution in [0.25, 0.3) is 22.6 Å². The highest BCUT2D eigenvalue weighted by Crippen LogP contribution is 2.32. The summed E-state index contributed by atoms with van der Waals surface area (Å²) in [6.45, 7) is 13.3.